The van der Waals surface area contributed by atoms with E-state index in [1.807, 2.05) is 6.07 Å². The van der Waals surface area contributed by atoms with Crippen LogP contribution >= 0.6 is 11.6 Å². The lowest BCUT2D eigenvalue weighted by molar-refractivity contribution is 0.313. The Morgan fingerprint density at radius 1 is 1.23 bits per heavy atom. The maximum Gasteiger partial charge on any atom is 0.224 e. The van der Waals surface area contributed by atoms with Gasteiger partial charge in [0.1, 0.15) is 5.82 Å². The molecule has 3 rings (SSSR count). The number of nitrogens with two attached hydrogens (primary N) is 1. The molecule has 7 heteroatoms. The summed E-state index contributed by atoms with van der Waals surface area (Å²) in [6, 6.07) is 5.18. The molecule has 22 heavy (non-hydrogen) atoms. The first-order valence-corrected chi connectivity index (χ1v) is 7.44. The number of rotatable bonds is 2. The van der Waals surface area contributed by atoms with Crippen molar-refractivity contribution >= 4 is 23.1 Å². The van der Waals surface area contributed by atoms with Gasteiger partial charge in [0.15, 0.2) is 0 Å². The maximum atomic E-state index is 13.9. The standard InChI is InChI=1S/C15H17ClFN5/c1-21-4-6-22(7-5-21)10-2-3-13(19-9-10)11-8-12(16)15(18)20-14(11)17/h2-3,8-9H,4-7H2,1H3,(H2,18,20). The van der Waals surface area contributed by atoms with Crippen molar-refractivity contribution in [2.45, 2.75) is 0 Å². The number of hydrogen-bond donors (Lipinski definition) is 1. The lowest BCUT2D eigenvalue weighted by atomic mass is 10.1. The van der Waals surface area contributed by atoms with Crippen molar-refractivity contribution in [3.8, 4) is 11.3 Å². The van der Waals surface area contributed by atoms with Gasteiger partial charge in [0.05, 0.1) is 28.2 Å². The molecule has 1 aliphatic heterocycles. The van der Waals surface area contributed by atoms with E-state index in [4.69, 9.17) is 17.3 Å². The normalized spacial score (nSPS) is 16.0. The average molecular weight is 322 g/mol. The van der Waals surface area contributed by atoms with Gasteiger partial charge in [0, 0.05) is 26.2 Å². The van der Waals surface area contributed by atoms with Crippen LogP contribution in [0.3, 0.4) is 0 Å². The van der Waals surface area contributed by atoms with E-state index in [9.17, 15) is 4.39 Å². The third kappa shape index (κ3) is 2.98. The lowest BCUT2D eigenvalue weighted by Gasteiger charge is -2.33. The summed E-state index contributed by atoms with van der Waals surface area (Å²) in [5, 5.41) is 0.223. The summed E-state index contributed by atoms with van der Waals surface area (Å²) < 4.78 is 13.9. The summed E-state index contributed by atoms with van der Waals surface area (Å²) in [5.41, 5.74) is 7.26. The number of nitrogens with zero attached hydrogens (tertiary/aromatic N) is 4. The van der Waals surface area contributed by atoms with Crippen LogP contribution < -0.4 is 10.6 Å². The van der Waals surface area contributed by atoms with E-state index in [2.05, 4.69) is 26.8 Å². The molecule has 0 bridgehead atoms. The van der Waals surface area contributed by atoms with Gasteiger partial charge in [-0.2, -0.15) is 4.39 Å². The Hall–Kier alpha value is -1.92. The van der Waals surface area contributed by atoms with Crippen LogP contribution in [-0.4, -0.2) is 48.1 Å². The molecule has 0 atom stereocenters. The van der Waals surface area contributed by atoms with Crippen LogP contribution in [0.4, 0.5) is 15.9 Å². The lowest BCUT2D eigenvalue weighted by Crippen LogP contribution is -2.44. The highest BCUT2D eigenvalue weighted by Crippen LogP contribution is 2.27. The number of hydrogen-bond acceptors (Lipinski definition) is 5. The molecular weight excluding hydrogens is 305 g/mol. The Balaban J connectivity index is 1.84. The molecule has 1 saturated heterocycles. The fourth-order valence-electron chi connectivity index (χ4n) is 2.46. The zero-order valence-corrected chi connectivity index (χ0v) is 13.0. The Morgan fingerprint density at radius 3 is 2.59 bits per heavy atom. The monoisotopic (exact) mass is 321 g/mol. The number of likely N-dealkylation sites (N-methyl/N-ethyl adjacent to an activating group) is 1. The summed E-state index contributed by atoms with van der Waals surface area (Å²) in [4.78, 5) is 12.5. The molecule has 2 N–H and O–H groups in total. The molecule has 1 fully saturated rings. The quantitative estimate of drug-likeness (QED) is 0.860. The Bertz CT molecular complexity index is 668. The van der Waals surface area contributed by atoms with Crippen molar-refractivity contribution in [3.63, 3.8) is 0 Å². The second-order valence-corrected chi connectivity index (χ2v) is 5.79. The highest BCUT2D eigenvalue weighted by atomic mass is 35.5. The SMILES string of the molecule is CN1CCN(c2ccc(-c3cc(Cl)c(N)nc3F)nc2)CC1. The van der Waals surface area contributed by atoms with Crippen LogP contribution in [0.25, 0.3) is 11.3 Å². The van der Waals surface area contributed by atoms with Crippen molar-refractivity contribution in [2.24, 2.45) is 0 Å². The van der Waals surface area contributed by atoms with Crippen molar-refractivity contribution in [1.29, 1.82) is 0 Å². The number of nitrogen functional groups attached to an aromatic ring is 1. The highest BCUT2D eigenvalue weighted by Gasteiger charge is 2.16. The molecule has 0 saturated carbocycles. The van der Waals surface area contributed by atoms with Crippen molar-refractivity contribution in [1.82, 2.24) is 14.9 Å². The van der Waals surface area contributed by atoms with Gasteiger partial charge in [-0.3, -0.25) is 4.98 Å². The van der Waals surface area contributed by atoms with Gasteiger partial charge < -0.3 is 15.5 Å². The average Bonchev–Trinajstić information content (AvgIpc) is 2.52. The van der Waals surface area contributed by atoms with Gasteiger partial charge in [-0.05, 0) is 25.2 Å². The van der Waals surface area contributed by atoms with Gasteiger partial charge in [0.2, 0.25) is 5.95 Å². The second kappa shape index (κ2) is 6.06. The molecule has 0 unspecified atom stereocenters. The van der Waals surface area contributed by atoms with E-state index < -0.39 is 5.95 Å². The minimum Gasteiger partial charge on any atom is -0.382 e. The van der Waals surface area contributed by atoms with Crippen molar-refractivity contribution in [3.05, 3.63) is 35.4 Å². The van der Waals surface area contributed by atoms with Crippen LogP contribution in [0.1, 0.15) is 0 Å². The zero-order valence-electron chi connectivity index (χ0n) is 12.3. The third-order valence-electron chi connectivity index (χ3n) is 3.85. The Morgan fingerprint density at radius 2 is 1.95 bits per heavy atom. The molecule has 0 radical (unpaired) electrons. The van der Waals surface area contributed by atoms with Gasteiger partial charge in [-0.1, -0.05) is 11.6 Å². The summed E-state index contributed by atoms with van der Waals surface area (Å²) in [7, 11) is 2.11. The number of piperazine rings is 1. The molecule has 2 aromatic rings. The van der Waals surface area contributed by atoms with E-state index in [-0.39, 0.29) is 16.4 Å². The van der Waals surface area contributed by atoms with Gasteiger partial charge in [-0.25, -0.2) is 4.98 Å². The van der Waals surface area contributed by atoms with Gasteiger partial charge in [-0.15, -0.1) is 0 Å². The molecule has 2 aromatic heterocycles. The predicted molar refractivity (Wildman–Crippen MR) is 86.6 cm³/mol. The second-order valence-electron chi connectivity index (χ2n) is 5.39. The smallest absolute Gasteiger partial charge is 0.224 e. The highest BCUT2D eigenvalue weighted by molar-refractivity contribution is 6.33. The first-order valence-electron chi connectivity index (χ1n) is 7.06. The molecule has 0 amide bonds. The fourth-order valence-corrected chi connectivity index (χ4v) is 2.61. The molecule has 3 heterocycles. The minimum absolute atomic E-state index is 0.0167. The van der Waals surface area contributed by atoms with Gasteiger partial charge in [0.25, 0.3) is 0 Å². The summed E-state index contributed by atoms with van der Waals surface area (Å²) in [5.74, 6) is -0.682. The number of halogens is 2. The molecule has 0 spiro atoms. The molecule has 0 aliphatic carbocycles. The summed E-state index contributed by atoms with van der Waals surface area (Å²) in [6.45, 7) is 3.96. The van der Waals surface area contributed by atoms with E-state index in [0.29, 0.717) is 5.69 Å². The van der Waals surface area contributed by atoms with Crippen LogP contribution in [-0.2, 0) is 0 Å². The van der Waals surface area contributed by atoms with Crippen molar-refractivity contribution < 1.29 is 4.39 Å². The van der Waals surface area contributed by atoms with Crippen molar-refractivity contribution in [2.75, 3.05) is 43.9 Å². The molecule has 1 aliphatic rings. The first-order chi connectivity index (χ1) is 10.5. The van der Waals surface area contributed by atoms with Gasteiger partial charge >= 0.3 is 0 Å². The summed E-state index contributed by atoms with van der Waals surface area (Å²) in [6.07, 6.45) is 1.75. The fraction of sp³-hybridized carbons (Fsp3) is 0.333. The Labute approximate surface area is 133 Å². The van der Waals surface area contributed by atoms with Crippen LogP contribution in [0.5, 0.6) is 0 Å². The number of anilines is 2. The number of pyridine rings is 2. The van der Waals surface area contributed by atoms with E-state index in [0.717, 1.165) is 31.9 Å². The van der Waals surface area contributed by atoms with Crippen LogP contribution in [0.15, 0.2) is 24.4 Å². The topological polar surface area (TPSA) is 58.3 Å². The molecular formula is C15H17ClFN5. The zero-order chi connectivity index (χ0) is 15.7. The minimum atomic E-state index is -0.665. The maximum absolute atomic E-state index is 13.9. The Kier molecular flexibility index (Phi) is 4.13. The third-order valence-corrected chi connectivity index (χ3v) is 4.15. The molecule has 0 aromatic carbocycles. The van der Waals surface area contributed by atoms with E-state index in [1.54, 1.807) is 12.3 Å². The molecule has 116 valence electrons. The largest absolute Gasteiger partial charge is 0.382 e. The summed E-state index contributed by atoms with van der Waals surface area (Å²) >= 11 is 5.91. The first kappa shape index (κ1) is 15.0. The number of aromatic nitrogens is 2. The van der Waals surface area contributed by atoms with Crippen LogP contribution in [0.2, 0.25) is 5.02 Å². The van der Waals surface area contributed by atoms with Crippen LogP contribution in [0, 0.1) is 5.95 Å². The molecule has 5 nitrogen and oxygen atoms in total. The van der Waals surface area contributed by atoms with E-state index in [1.165, 1.54) is 6.07 Å². The predicted octanol–water partition coefficient (Wildman–Crippen LogP) is 2.27. The van der Waals surface area contributed by atoms with E-state index >= 15 is 0 Å².